The van der Waals surface area contributed by atoms with Crippen molar-refractivity contribution in [2.75, 3.05) is 39.5 Å². The number of halogens is 1. The van der Waals surface area contributed by atoms with Crippen molar-refractivity contribution in [2.24, 2.45) is 4.99 Å². The number of nitrogens with zero attached hydrogens (tertiary/aromatic N) is 2. The molecule has 2 N–H and O–H groups in total. The molecule has 4 unspecified atom stereocenters. The summed E-state index contributed by atoms with van der Waals surface area (Å²) in [6.07, 6.45) is 7.61. The zero-order chi connectivity index (χ0) is 19.6. The number of carbonyl (C=O) groups is 1. The van der Waals surface area contributed by atoms with Gasteiger partial charge in [-0.2, -0.15) is 0 Å². The van der Waals surface area contributed by atoms with Gasteiger partial charge in [-0.15, -0.1) is 24.0 Å². The Morgan fingerprint density at radius 3 is 2.64 bits per heavy atom. The predicted octanol–water partition coefficient (Wildman–Crippen LogP) is 1.88. The third kappa shape index (κ3) is 8.94. The standard InChI is InChI=1S/C19H36N4O3S.HI/c1-4-27(25)17-10-7-8-15(12-17)22-19(21-14-18(24)23(2)3)20-13-16-9-5-6-11-26-16;/h15-17H,4-14H2,1-3H3,(H2,20,21,22);1H. The Bertz CT molecular complexity index is 527. The van der Waals surface area contributed by atoms with Crippen LogP contribution in [0.3, 0.4) is 0 Å². The molecule has 0 aromatic rings. The predicted molar refractivity (Wildman–Crippen MR) is 126 cm³/mol. The largest absolute Gasteiger partial charge is 0.376 e. The molecule has 9 heteroatoms. The van der Waals surface area contributed by atoms with E-state index in [-0.39, 0.29) is 53.8 Å². The van der Waals surface area contributed by atoms with E-state index in [2.05, 4.69) is 15.6 Å². The zero-order valence-electron chi connectivity index (χ0n) is 17.4. The van der Waals surface area contributed by atoms with Gasteiger partial charge in [0.1, 0.15) is 6.54 Å². The van der Waals surface area contributed by atoms with Gasteiger partial charge in [0.05, 0.1) is 6.10 Å². The molecule has 2 rings (SSSR count). The summed E-state index contributed by atoms with van der Waals surface area (Å²) in [5, 5.41) is 7.09. The molecule has 1 amide bonds. The molecule has 1 aliphatic heterocycles. The number of hydrogen-bond acceptors (Lipinski definition) is 4. The first-order chi connectivity index (χ1) is 13.0. The highest BCUT2D eigenvalue weighted by Gasteiger charge is 2.26. The number of amides is 1. The number of guanidine groups is 1. The number of rotatable bonds is 7. The fourth-order valence-corrected chi connectivity index (χ4v) is 4.91. The summed E-state index contributed by atoms with van der Waals surface area (Å²) in [6, 6.07) is 0.243. The Hall–Kier alpha value is -0.420. The van der Waals surface area contributed by atoms with E-state index in [0.29, 0.717) is 18.3 Å². The molecule has 0 spiro atoms. The van der Waals surface area contributed by atoms with Crippen molar-refractivity contribution in [3.8, 4) is 0 Å². The third-order valence-corrected chi connectivity index (χ3v) is 7.01. The van der Waals surface area contributed by atoms with Gasteiger partial charge in [0.2, 0.25) is 5.91 Å². The molecule has 1 saturated carbocycles. The maximum atomic E-state index is 12.2. The molecule has 7 nitrogen and oxygen atoms in total. The van der Waals surface area contributed by atoms with Crippen LogP contribution in [0.4, 0.5) is 0 Å². The van der Waals surface area contributed by atoms with Crippen LogP contribution in [0.1, 0.15) is 51.9 Å². The summed E-state index contributed by atoms with van der Waals surface area (Å²) in [5.74, 6) is 1.35. The maximum Gasteiger partial charge on any atom is 0.243 e. The van der Waals surface area contributed by atoms with Gasteiger partial charge in [-0.25, -0.2) is 4.99 Å². The van der Waals surface area contributed by atoms with Gasteiger partial charge in [0.25, 0.3) is 0 Å². The van der Waals surface area contributed by atoms with E-state index in [4.69, 9.17) is 4.74 Å². The number of aliphatic imine (C=N–C) groups is 1. The molecule has 0 radical (unpaired) electrons. The zero-order valence-corrected chi connectivity index (χ0v) is 20.6. The lowest BCUT2D eigenvalue weighted by Crippen LogP contribution is -2.49. The fourth-order valence-electron chi connectivity index (χ4n) is 3.56. The summed E-state index contributed by atoms with van der Waals surface area (Å²) in [5.41, 5.74) is 0. The maximum absolute atomic E-state index is 12.2. The van der Waals surface area contributed by atoms with Gasteiger partial charge in [0, 0.05) is 55.1 Å². The van der Waals surface area contributed by atoms with Gasteiger partial charge in [-0.1, -0.05) is 13.3 Å². The molecule has 1 saturated heterocycles. The van der Waals surface area contributed by atoms with Crippen LogP contribution < -0.4 is 10.6 Å². The van der Waals surface area contributed by atoms with Crippen LogP contribution in [0, 0.1) is 0 Å². The van der Waals surface area contributed by atoms with E-state index >= 15 is 0 Å². The molecule has 0 bridgehead atoms. The van der Waals surface area contributed by atoms with E-state index in [0.717, 1.165) is 45.1 Å². The molecule has 0 aromatic carbocycles. The lowest BCUT2D eigenvalue weighted by Gasteiger charge is -2.31. The Kier molecular flexibility index (Phi) is 12.6. The second-order valence-corrected chi connectivity index (χ2v) is 9.63. The van der Waals surface area contributed by atoms with Crippen LogP contribution in [0.25, 0.3) is 0 Å². The summed E-state index contributed by atoms with van der Waals surface area (Å²) in [7, 11) is 2.72. The molecule has 1 heterocycles. The van der Waals surface area contributed by atoms with Crippen molar-refractivity contribution in [1.29, 1.82) is 0 Å². The lowest BCUT2D eigenvalue weighted by atomic mass is 9.95. The molecular formula is C19H37IN4O3S. The second-order valence-electron chi connectivity index (χ2n) is 7.62. The minimum atomic E-state index is -0.755. The van der Waals surface area contributed by atoms with Crippen molar-refractivity contribution in [2.45, 2.75) is 69.3 Å². The van der Waals surface area contributed by atoms with Crippen LogP contribution in [0.15, 0.2) is 4.99 Å². The quantitative estimate of drug-likeness (QED) is 0.300. The highest BCUT2D eigenvalue weighted by atomic mass is 127. The SMILES string of the molecule is CCS(=O)C1CCCC(NC(=NCC(=O)N(C)C)NCC2CCCCO2)C1.I. The minimum Gasteiger partial charge on any atom is -0.376 e. The first kappa shape index (κ1) is 25.6. The average Bonchev–Trinajstić information content (AvgIpc) is 2.70. The van der Waals surface area contributed by atoms with Crippen LogP contribution >= 0.6 is 24.0 Å². The number of ether oxygens (including phenoxy) is 1. The Morgan fingerprint density at radius 1 is 1.21 bits per heavy atom. The molecule has 2 fully saturated rings. The number of hydrogen-bond donors (Lipinski definition) is 2. The topological polar surface area (TPSA) is 83.0 Å². The summed E-state index contributed by atoms with van der Waals surface area (Å²) in [4.78, 5) is 18.0. The first-order valence-corrected chi connectivity index (χ1v) is 11.6. The van der Waals surface area contributed by atoms with Gasteiger partial charge in [0.15, 0.2) is 5.96 Å². The Morgan fingerprint density at radius 2 is 2.00 bits per heavy atom. The third-order valence-electron chi connectivity index (χ3n) is 5.27. The van der Waals surface area contributed by atoms with Gasteiger partial charge >= 0.3 is 0 Å². The minimum absolute atomic E-state index is 0. The van der Waals surface area contributed by atoms with Crippen molar-refractivity contribution in [1.82, 2.24) is 15.5 Å². The van der Waals surface area contributed by atoms with Crippen LogP contribution in [0.2, 0.25) is 0 Å². The Balaban J connectivity index is 0.00000392. The van der Waals surface area contributed by atoms with Crippen molar-refractivity contribution < 1.29 is 13.7 Å². The fraction of sp³-hybridized carbons (Fsp3) is 0.895. The van der Waals surface area contributed by atoms with Gasteiger partial charge < -0.3 is 20.3 Å². The lowest BCUT2D eigenvalue weighted by molar-refractivity contribution is -0.127. The summed E-state index contributed by atoms with van der Waals surface area (Å²) >= 11 is 0. The highest BCUT2D eigenvalue weighted by molar-refractivity contribution is 14.0. The van der Waals surface area contributed by atoms with E-state index in [9.17, 15) is 9.00 Å². The normalized spacial score (nSPS) is 26.7. The molecule has 28 heavy (non-hydrogen) atoms. The number of nitrogens with one attached hydrogen (secondary N) is 2. The van der Waals surface area contributed by atoms with E-state index in [1.807, 2.05) is 6.92 Å². The summed E-state index contributed by atoms with van der Waals surface area (Å²) < 4.78 is 18.0. The first-order valence-electron chi connectivity index (χ1n) is 10.2. The number of likely N-dealkylation sites (N-methyl/N-ethyl adjacent to an activating group) is 1. The smallest absolute Gasteiger partial charge is 0.243 e. The second kappa shape index (κ2) is 13.7. The molecular weight excluding hydrogens is 491 g/mol. The highest BCUT2D eigenvalue weighted by Crippen LogP contribution is 2.23. The monoisotopic (exact) mass is 528 g/mol. The van der Waals surface area contributed by atoms with Gasteiger partial charge in [-0.05, 0) is 38.5 Å². The van der Waals surface area contributed by atoms with Crippen LogP contribution in [0.5, 0.6) is 0 Å². The van der Waals surface area contributed by atoms with E-state index in [1.165, 1.54) is 6.42 Å². The van der Waals surface area contributed by atoms with Crippen LogP contribution in [-0.2, 0) is 20.3 Å². The molecule has 1 aliphatic carbocycles. The molecule has 164 valence electrons. The van der Waals surface area contributed by atoms with E-state index in [1.54, 1.807) is 19.0 Å². The van der Waals surface area contributed by atoms with Gasteiger partial charge in [-0.3, -0.25) is 9.00 Å². The molecule has 2 aliphatic rings. The van der Waals surface area contributed by atoms with Crippen molar-refractivity contribution in [3.05, 3.63) is 0 Å². The summed E-state index contributed by atoms with van der Waals surface area (Å²) in [6.45, 7) is 3.61. The van der Waals surface area contributed by atoms with Crippen molar-refractivity contribution in [3.63, 3.8) is 0 Å². The molecule has 0 aromatic heterocycles. The van der Waals surface area contributed by atoms with E-state index < -0.39 is 10.8 Å². The van der Waals surface area contributed by atoms with Crippen molar-refractivity contribution >= 4 is 46.6 Å². The Labute approximate surface area is 189 Å². The molecule has 4 atom stereocenters. The number of carbonyl (C=O) groups excluding carboxylic acids is 1. The average molecular weight is 529 g/mol. The van der Waals surface area contributed by atoms with Crippen LogP contribution in [-0.4, -0.2) is 77.9 Å².